The summed E-state index contributed by atoms with van der Waals surface area (Å²) in [7, 11) is -0.688. The molecule has 284 valence electrons. The Morgan fingerprint density at radius 2 is 1.80 bits per heavy atom. The minimum atomic E-state index is -2.36. The quantitative estimate of drug-likeness (QED) is 0.150. The van der Waals surface area contributed by atoms with E-state index in [4.69, 9.17) is 14.2 Å². The van der Waals surface area contributed by atoms with Crippen LogP contribution in [0.2, 0.25) is 18.6 Å². The van der Waals surface area contributed by atoms with E-state index in [2.05, 4.69) is 58.4 Å². The fourth-order valence-corrected chi connectivity index (χ4v) is 13.4. The number of para-hydroxylation sites is 2. The highest BCUT2D eigenvalue weighted by Crippen LogP contribution is 2.60. The number of aromatic nitrogens is 3. The van der Waals surface area contributed by atoms with Crippen molar-refractivity contribution in [2.24, 2.45) is 5.92 Å². The van der Waals surface area contributed by atoms with Crippen LogP contribution in [0.4, 0.5) is 17.1 Å². The first-order valence-electron chi connectivity index (χ1n) is 18.6. The standard InChI is InChI=1S/C42H44BrN5O6Si/c1-27-40(55(3,4)33-15-13-32(52-2)14-16-33)38(18-20-46-25-30(19-21-49)44-45-46)54-42(27)34-23-29(43)12-17-35(34)47(41(42)51)24-28-8-7-9-31(22-28)48-36-10-5-6-11-37(36)53-26-39(48)50/h5-17,22-23,25,27,38,40,49H,18-21,24,26H2,1-4H3/t27-,38+,40-,42+/m1/s1. The van der Waals surface area contributed by atoms with Gasteiger partial charge in [0.1, 0.15) is 11.5 Å². The number of anilines is 3. The lowest BCUT2D eigenvalue weighted by Crippen LogP contribution is -2.51. The van der Waals surface area contributed by atoms with Gasteiger partial charge in [0.05, 0.1) is 44.9 Å². The molecular weight excluding hydrogens is 778 g/mol. The largest absolute Gasteiger partial charge is 0.497 e. The Morgan fingerprint density at radius 1 is 1.00 bits per heavy atom. The van der Waals surface area contributed by atoms with Crippen molar-refractivity contribution in [1.82, 2.24) is 15.0 Å². The third kappa shape index (κ3) is 6.46. The van der Waals surface area contributed by atoms with E-state index < -0.39 is 13.7 Å². The molecule has 0 unspecified atom stereocenters. The van der Waals surface area contributed by atoms with Gasteiger partial charge in [-0.25, -0.2) is 0 Å². The first-order chi connectivity index (χ1) is 26.5. The molecule has 55 heavy (non-hydrogen) atoms. The topological polar surface area (TPSA) is 119 Å². The van der Waals surface area contributed by atoms with Crippen molar-refractivity contribution >= 4 is 58.1 Å². The molecule has 0 radical (unpaired) electrons. The van der Waals surface area contributed by atoms with Gasteiger partial charge in [0.15, 0.2) is 12.2 Å². The molecule has 1 saturated heterocycles. The number of hydrogen-bond acceptors (Lipinski definition) is 8. The third-order valence-electron chi connectivity index (χ3n) is 11.6. The Kier molecular flexibility index (Phi) is 9.91. The number of amides is 2. The van der Waals surface area contributed by atoms with Crippen molar-refractivity contribution in [3.05, 3.63) is 118 Å². The fraction of sp³-hybridized carbons (Fsp3) is 0.333. The zero-order valence-electron chi connectivity index (χ0n) is 31.3. The van der Waals surface area contributed by atoms with Crippen LogP contribution in [0.1, 0.15) is 30.2 Å². The van der Waals surface area contributed by atoms with E-state index in [1.807, 2.05) is 90.0 Å². The Balaban J connectivity index is 1.16. The number of halogens is 1. The molecule has 3 aliphatic heterocycles. The van der Waals surface area contributed by atoms with Gasteiger partial charge in [0.2, 0.25) is 0 Å². The molecule has 0 bridgehead atoms. The highest BCUT2D eigenvalue weighted by molar-refractivity contribution is 9.10. The van der Waals surface area contributed by atoms with Gasteiger partial charge in [0.25, 0.3) is 11.8 Å². The maximum absolute atomic E-state index is 15.4. The van der Waals surface area contributed by atoms with Crippen LogP contribution >= 0.6 is 15.9 Å². The number of nitrogens with zero attached hydrogens (tertiary/aromatic N) is 5. The molecule has 1 spiro atoms. The van der Waals surface area contributed by atoms with Crippen molar-refractivity contribution in [1.29, 1.82) is 0 Å². The molecule has 8 rings (SSSR count). The first-order valence-corrected chi connectivity index (χ1v) is 22.5. The number of methoxy groups -OCH3 is 1. The third-order valence-corrected chi connectivity index (χ3v) is 16.5. The van der Waals surface area contributed by atoms with Crippen LogP contribution in [0.25, 0.3) is 0 Å². The van der Waals surface area contributed by atoms with E-state index >= 15 is 4.79 Å². The molecule has 0 aliphatic carbocycles. The predicted octanol–water partition coefficient (Wildman–Crippen LogP) is 6.49. The second-order valence-electron chi connectivity index (χ2n) is 15.1. The second-order valence-corrected chi connectivity index (χ2v) is 20.7. The average molecular weight is 823 g/mol. The van der Waals surface area contributed by atoms with Crippen LogP contribution in [0, 0.1) is 5.92 Å². The van der Waals surface area contributed by atoms with Gasteiger partial charge in [-0.15, -0.1) is 5.10 Å². The van der Waals surface area contributed by atoms with Crippen molar-refractivity contribution in [3.8, 4) is 11.5 Å². The maximum atomic E-state index is 15.4. The van der Waals surface area contributed by atoms with E-state index in [1.54, 1.807) is 16.7 Å². The highest BCUT2D eigenvalue weighted by atomic mass is 79.9. The molecule has 5 aromatic rings. The van der Waals surface area contributed by atoms with E-state index in [0.29, 0.717) is 43.1 Å². The Morgan fingerprint density at radius 3 is 2.58 bits per heavy atom. The number of carbonyl (C=O) groups excluding carboxylic acids is 2. The Labute approximate surface area is 330 Å². The van der Waals surface area contributed by atoms with Crippen LogP contribution in [0.3, 0.4) is 0 Å². The number of carbonyl (C=O) groups is 2. The van der Waals surface area contributed by atoms with Crippen LogP contribution in [-0.4, -0.2) is 66.4 Å². The summed E-state index contributed by atoms with van der Waals surface area (Å²) in [6, 6.07) is 29.7. The Hall–Kier alpha value is -4.82. The summed E-state index contributed by atoms with van der Waals surface area (Å²) >= 11 is 3.72. The minimum Gasteiger partial charge on any atom is -0.497 e. The van der Waals surface area contributed by atoms with Gasteiger partial charge in [0, 0.05) is 47.4 Å². The summed E-state index contributed by atoms with van der Waals surface area (Å²) in [5, 5.41) is 19.3. The van der Waals surface area contributed by atoms with E-state index in [0.717, 1.165) is 32.7 Å². The molecule has 4 atom stereocenters. The molecule has 1 aromatic heterocycles. The summed E-state index contributed by atoms with van der Waals surface area (Å²) in [6.07, 6.45) is 2.67. The van der Waals surface area contributed by atoms with E-state index in [-0.39, 0.29) is 42.6 Å². The minimum absolute atomic E-state index is 0.00532. The lowest BCUT2D eigenvalue weighted by Gasteiger charge is -2.37. The zero-order valence-corrected chi connectivity index (χ0v) is 33.9. The normalized spacial score (nSPS) is 21.9. The lowest BCUT2D eigenvalue weighted by atomic mass is 9.82. The van der Waals surface area contributed by atoms with Gasteiger partial charge >= 0.3 is 0 Å². The second kappa shape index (κ2) is 14.7. The molecule has 3 aliphatic rings. The van der Waals surface area contributed by atoms with Gasteiger partial charge < -0.3 is 24.2 Å². The van der Waals surface area contributed by atoms with Gasteiger partial charge in [-0.05, 0) is 72.1 Å². The van der Waals surface area contributed by atoms with Crippen LogP contribution in [0.15, 0.2) is 102 Å². The zero-order chi connectivity index (χ0) is 38.5. The number of fused-ring (bicyclic) bond motifs is 3. The van der Waals surface area contributed by atoms with Crippen LogP contribution in [0.5, 0.6) is 11.5 Å². The maximum Gasteiger partial charge on any atom is 0.269 e. The summed E-state index contributed by atoms with van der Waals surface area (Å²) in [4.78, 5) is 32.1. The first kappa shape index (κ1) is 37.1. The average Bonchev–Trinajstić information content (AvgIpc) is 3.83. The number of rotatable bonds is 11. The molecule has 4 heterocycles. The summed E-state index contributed by atoms with van der Waals surface area (Å²) in [5.74, 6) is 1.02. The molecule has 2 amide bonds. The summed E-state index contributed by atoms with van der Waals surface area (Å²) < 4.78 is 21.2. The molecule has 1 N–H and O–H groups in total. The van der Waals surface area contributed by atoms with E-state index in [1.165, 1.54) is 5.19 Å². The molecule has 0 saturated carbocycles. The number of aryl methyl sites for hydroxylation is 1. The van der Waals surface area contributed by atoms with Crippen LogP contribution < -0.4 is 24.5 Å². The summed E-state index contributed by atoms with van der Waals surface area (Å²) in [6.45, 7) is 7.73. The summed E-state index contributed by atoms with van der Waals surface area (Å²) in [5.41, 5.74) is 3.49. The number of aliphatic hydroxyl groups is 1. The predicted molar refractivity (Wildman–Crippen MR) is 216 cm³/mol. The SMILES string of the molecule is COc1ccc([Si](C)(C)[C@H]2[C@H](CCn3cc(CCO)nn3)O[C@@]3(C(=O)N(Cc4cccc(N5C(=O)COc6ccccc65)c4)c4ccc(Br)cc43)[C@@H]2C)cc1. The van der Waals surface area contributed by atoms with Crippen molar-refractivity contribution in [2.45, 2.75) is 63.2 Å². The van der Waals surface area contributed by atoms with Crippen molar-refractivity contribution < 1.29 is 28.9 Å². The monoisotopic (exact) mass is 821 g/mol. The molecule has 4 aromatic carbocycles. The van der Waals surface area contributed by atoms with Crippen LogP contribution in [-0.2, 0) is 39.4 Å². The smallest absolute Gasteiger partial charge is 0.269 e. The highest BCUT2D eigenvalue weighted by Gasteiger charge is 2.66. The van der Waals surface area contributed by atoms with E-state index in [9.17, 15) is 9.90 Å². The molecule has 13 heteroatoms. The molecule has 1 fully saturated rings. The molecular formula is C42H44BrN5O6Si. The van der Waals surface area contributed by atoms with Gasteiger partial charge in [-0.1, -0.05) is 82.7 Å². The number of aliphatic hydroxyl groups excluding tert-OH is 1. The number of hydrogen-bond donors (Lipinski definition) is 1. The lowest BCUT2D eigenvalue weighted by molar-refractivity contribution is -0.146. The fourth-order valence-electron chi connectivity index (χ4n) is 9.01. The van der Waals surface area contributed by atoms with Crippen molar-refractivity contribution in [2.75, 3.05) is 30.1 Å². The van der Waals surface area contributed by atoms with Crippen molar-refractivity contribution in [3.63, 3.8) is 0 Å². The van der Waals surface area contributed by atoms with Gasteiger partial charge in [-0.3, -0.25) is 19.2 Å². The number of benzene rings is 4. The molecule has 11 nitrogen and oxygen atoms in total. The number of ether oxygens (including phenoxy) is 3. The van der Waals surface area contributed by atoms with Gasteiger partial charge in [-0.2, -0.15) is 0 Å². The Bertz CT molecular complexity index is 2250.